The van der Waals surface area contributed by atoms with E-state index in [2.05, 4.69) is 55.4 Å². The van der Waals surface area contributed by atoms with Crippen molar-refractivity contribution in [2.24, 2.45) is 0 Å². The van der Waals surface area contributed by atoms with Gasteiger partial charge in [-0.1, -0.05) is 37.9 Å². The van der Waals surface area contributed by atoms with Gasteiger partial charge in [-0.05, 0) is 23.1 Å². The van der Waals surface area contributed by atoms with E-state index in [4.69, 9.17) is 0 Å². The van der Waals surface area contributed by atoms with E-state index < -0.39 is 0 Å². The van der Waals surface area contributed by atoms with Crippen LogP contribution in [0.5, 0.6) is 0 Å². The summed E-state index contributed by atoms with van der Waals surface area (Å²) in [5.41, 5.74) is 1.36. The summed E-state index contributed by atoms with van der Waals surface area (Å²) in [7, 11) is 0. The largest absolute Gasteiger partial charge is 0.143 e. The average Bonchev–Trinajstić information content (AvgIpc) is 2.54. The summed E-state index contributed by atoms with van der Waals surface area (Å²) in [4.78, 5) is 0. The molecule has 1 aromatic carbocycles. The molecule has 2 rings (SSSR count). The fraction of sp³-hybridized carbons (Fsp3) is 0.111. The molecule has 0 unspecified atom stereocenters. The first-order valence-electron chi connectivity index (χ1n) is 3.53. The lowest BCUT2D eigenvalue weighted by Crippen LogP contribution is -1.76. The van der Waals surface area contributed by atoms with Crippen molar-refractivity contribution < 1.29 is 0 Å². The highest BCUT2D eigenvalue weighted by Crippen LogP contribution is 2.32. The van der Waals surface area contributed by atoms with Gasteiger partial charge >= 0.3 is 0 Å². The quantitative estimate of drug-likeness (QED) is 0.678. The molecule has 0 aliphatic heterocycles. The number of rotatable bonds is 1. The van der Waals surface area contributed by atoms with Gasteiger partial charge in [0.25, 0.3) is 0 Å². The summed E-state index contributed by atoms with van der Waals surface area (Å²) in [6.45, 7) is 0. The van der Waals surface area contributed by atoms with Gasteiger partial charge in [0.2, 0.25) is 0 Å². The molecule has 1 aromatic heterocycles. The van der Waals surface area contributed by atoms with Crippen molar-refractivity contribution in [3.63, 3.8) is 0 Å². The lowest BCUT2D eigenvalue weighted by molar-refractivity contribution is 1.50. The molecule has 0 fully saturated rings. The third-order valence-corrected chi connectivity index (χ3v) is 4.07. The molecule has 0 atom stereocenters. The Morgan fingerprint density at radius 1 is 1.25 bits per heavy atom. The van der Waals surface area contributed by atoms with Crippen molar-refractivity contribution in [1.29, 1.82) is 0 Å². The molecule has 0 amide bonds. The smallest absolute Gasteiger partial charge is 0.0394 e. The lowest BCUT2D eigenvalue weighted by atomic mass is 10.2. The molecule has 12 heavy (non-hydrogen) atoms. The number of hydrogen-bond donors (Lipinski definition) is 0. The molecule has 0 aliphatic carbocycles. The first-order chi connectivity index (χ1) is 5.83. The topological polar surface area (TPSA) is 0 Å². The zero-order chi connectivity index (χ0) is 8.55. The Labute approximate surface area is 91.9 Å². The van der Waals surface area contributed by atoms with Crippen molar-refractivity contribution in [3.05, 3.63) is 33.6 Å². The first-order valence-corrected chi connectivity index (χ1v) is 6.33. The van der Waals surface area contributed by atoms with Crippen molar-refractivity contribution in [2.45, 2.75) is 5.33 Å². The van der Waals surface area contributed by atoms with Gasteiger partial charge in [-0.3, -0.25) is 0 Å². The van der Waals surface area contributed by atoms with Gasteiger partial charge in [0.05, 0.1) is 0 Å². The van der Waals surface area contributed by atoms with E-state index in [1.54, 1.807) is 11.3 Å². The van der Waals surface area contributed by atoms with Crippen LogP contribution in [0.3, 0.4) is 0 Å². The summed E-state index contributed by atoms with van der Waals surface area (Å²) >= 11 is 8.80. The molecule has 3 heteroatoms. The molecule has 0 N–H and O–H groups in total. The highest BCUT2D eigenvalue weighted by atomic mass is 79.9. The Morgan fingerprint density at radius 3 is 2.83 bits per heavy atom. The van der Waals surface area contributed by atoms with Gasteiger partial charge < -0.3 is 0 Å². The van der Waals surface area contributed by atoms with Crippen LogP contribution in [0.15, 0.2) is 28.1 Å². The SMILES string of the molecule is BrCc1ccc(Br)c2ccsc12. The molecule has 1 heterocycles. The van der Waals surface area contributed by atoms with Crippen LogP contribution < -0.4 is 0 Å². The van der Waals surface area contributed by atoms with Crippen molar-refractivity contribution >= 4 is 53.3 Å². The van der Waals surface area contributed by atoms with Crippen LogP contribution in [-0.4, -0.2) is 0 Å². The van der Waals surface area contributed by atoms with E-state index in [-0.39, 0.29) is 0 Å². The third-order valence-electron chi connectivity index (χ3n) is 1.79. The molecular weight excluding hydrogens is 300 g/mol. The Balaban J connectivity index is 2.82. The van der Waals surface area contributed by atoms with Crippen LogP contribution in [0.25, 0.3) is 10.1 Å². The van der Waals surface area contributed by atoms with E-state index in [0.29, 0.717) is 0 Å². The highest BCUT2D eigenvalue weighted by molar-refractivity contribution is 9.10. The van der Waals surface area contributed by atoms with E-state index >= 15 is 0 Å². The second kappa shape index (κ2) is 3.48. The third kappa shape index (κ3) is 1.34. The van der Waals surface area contributed by atoms with E-state index in [1.165, 1.54) is 20.1 Å². The van der Waals surface area contributed by atoms with E-state index in [9.17, 15) is 0 Å². The maximum Gasteiger partial charge on any atom is 0.0394 e. The normalized spacial score (nSPS) is 10.8. The highest BCUT2D eigenvalue weighted by Gasteiger charge is 2.03. The first kappa shape index (κ1) is 8.73. The summed E-state index contributed by atoms with van der Waals surface area (Å²) in [5.74, 6) is 0. The summed E-state index contributed by atoms with van der Waals surface area (Å²) in [6.07, 6.45) is 0. The van der Waals surface area contributed by atoms with Crippen LogP contribution in [0.1, 0.15) is 5.56 Å². The van der Waals surface area contributed by atoms with Crippen LogP contribution in [0, 0.1) is 0 Å². The minimum absolute atomic E-state index is 0.928. The maximum atomic E-state index is 3.53. The number of hydrogen-bond acceptors (Lipinski definition) is 1. The standard InChI is InChI=1S/C9H6Br2S/c10-5-6-1-2-8(11)7-3-4-12-9(6)7/h1-4H,5H2. The Bertz CT molecular complexity index is 406. The van der Waals surface area contributed by atoms with E-state index in [1.807, 2.05) is 0 Å². The molecule has 0 bridgehead atoms. The van der Waals surface area contributed by atoms with Crippen LogP contribution in [0.2, 0.25) is 0 Å². The van der Waals surface area contributed by atoms with Crippen LogP contribution in [-0.2, 0) is 5.33 Å². The molecule has 0 saturated carbocycles. The number of halogens is 2. The zero-order valence-electron chi connectivity index (χ0n) is 6.18. The van der Waals surface area contributed by atoms with Gasteiger partial charge in [-0.15, -0.1) is 11.3 Å². The fourth-order valence-electron chi connectivity index (χ4n) is 1.19. The molecular formula is C9H6Br2S. The van der Waals surface area contributed by atoms with Crippen molar-refractivity contribution in [1.82, 2.24) is 0 Å². The Morgan fingerprint density at radius 2 is 2.08 bits per heavy atom. The molecule has 2 aromatic rings. The molecule has 0 aliphatic rings. The number of benzene rings is 1. The van der Waals surface area contributed by atoms with Gasteiger partial charge in [0.15, 0.2) is 0 Å². The van der Waals surface area contributed by atoms with Gasteiger partial charge in [0, 0.05) is 19.9 Å². The predicted octanol–water partition coefficient (Wildman–Crippen LogP) is 4.56. The predicted molar refractivity (Wildman–Crippen MR) is 62.2 cm³/mol. The van der Waals surface area contributed by atoms with Gasteiger partial charge in [0.1, 0.15) is 0 Å². The molecule has 0 nitrogen and oxygen atoms in total. The van der Waals surface area contributed by atoms with Crippen molar-refractivity contribution in [2.75, 3.05) is 0 Å². The zero-order valence-corrected chi connectivity index (χ0v) is 10.2. The van der Waals surface area contributed by atoms with Gasteiger partial charge in [-0.2, -0.15) is 0 Å². The van der Waals surface area contributed by atoms with Gasteiger partial charge in [-0.25, -0.2) is 0 Å². The molecule has 0 saturated heterocycles. The second-order valence-electron chi connectivity index (χ2n) is 2.50. The average molecular weight is 306 g/mol. The minimum atomic E-state index is 0.928. The van der Waals surface area contributed by atoms with Crippen molar-refractivity contribution in [3.8, 4) is 0 Å². The van der Waals surface area contributed by atoms with E-state index in [0.717, 1.165) is 5.33 Å². The second-order valence-corrected chi connectivity index (χ2v) is 4.83. The molecule has 0 spiro atoms. The van der Waals surface area contributed by atoms with Crippen LogP contribution >= 0.6 is 43.2 Å². The molecule has 62 valence electrons. The number of fused-ring (bicyclic) bond motifs is 1. The Hall–Kier alpha value is 0.140. The summed E-state index contributed by atoms with van der Waals surface area (Å²) in [6, 6.07) is 6.40. The molecule has 0 radical (unpaired) electrons. The summed E-state index contributed by atoms with van der Waals surface area (Å²) < 4.78 is 2.56. The minimum Gasteiger partial charge on any atom is -0.143 e. The van der Waals surface area contributed by atoms with Crippen LogP contribution in [0.4, 0.5) is 0 Å². The fourth-order valence-corrected chi connectivity index (χ4v) is 3.37. The Kier molecular flexibility index (Phi) is 2.53. The number of thiophene rings is 1. The maximum absolute atomic E-state index is 3.53. The number of alkyl halides is 1. The lowest BCUT2D eigenvalue weighted by Gasteiger charge is -1.99. The summed E-state index contributed by atoms with van der Waals surface area (Å²) in [5, 5.41) is 4.37. The monoisotopic (exact) mass is 304 g/mol.